The standard InChI is InChI=1S/C18H13N5O6S/c1-30(26,27)18-5-4-11(10-22-18)28-17-8-14(23(24)25)12(20)7-16(17)29-15-3-2-6-21-13(15)9-19/h2-8,10H,20H2,1H3. The molecule has 30 heavy (non-hydrogen) atoms. The van der Waals surface area contributed by atoms with Gasteiger partial charge in [-0.3, -0.25) is 10.1 Å². The molecule has 12 heteroatoms. The van der Waals surface area contributed by atoms with Gasteiger partial charge in [0.05, 0.1) is 17.2 Å². The maximum absolute atomic E-state index is 11.5. The number of benzene rings is 1. The number of hydrogen-bond donors (Lipinski definition) is 1. The summed E-state index contributed by atoms with van der Waals surface area (Å²) in [6.45, 7) is 0. The Labute approximate surface area is 170 Å². The highest BCUT2D eigenvalue weighted by atomic mass is 32.2. The minimum Gasteiger partial charge on any atom is -0.452 e. The summed E-state index contributed by atoms with van der Waals surface area (Å²) in [5.41, 5.74) is 5.11. The highest BCUT2D eigenvalue weighted by molar-refractivity contribution is 7.90. The van der Waals surface area contributed by atoms with E-state index in [1.54, 1.807) is 6.07 Å². The Hall–Kier alpha value is -4.24. The Morgan fingerprint density at radius 2 is 1.87 bits per heavy atom. The van der Waals surface area contributed by atoms with Gasteiger partial charge in [0.25, 0.3) is 5.69 Å². The van der Waals surface area contributed by atoms with Gasteiger partial charge in [0.2, 0.25) is 0 Å². The summed E-state index contributed by atoms with van der Waals surface area (Å²) < 4.78 is 34.4. The zero-order valence-electron chi connectivity index (χ0n) is 15.3. The molecular weight excluding hydrogens is 414 g/mol. The number of sulfone groups is 1. The molecule has 0 saturated heterocycles. The SMILES string of the molecule is CS(=O)(=O)c1ccc(Oc2cc([N+](=O)[O-])c(N)cc2Oc2cccnc2C#N)cn1. The van der Waals surface area contributed by atoms with E-state index < -0.39 is 20.4 Å². The van der Waals surface area contributed by atoms with E-state index in [2.05, 4.69) is 9.97 Å². The molecule has 0 aliphatic carbocycles. The second kappa shape index (κ2) is 8.02. The van der Waals surface area contributed by atoms with Gasteiger partial charge in [0.1, 0.15) is 17.5 Å². The molecule has 2 aromatic heterocycles. The molecule has 2 heterocycles. The summed E-state index contributed by atoms with van der Waals surface area (Å²) in [6, 6.07) is 9.68. The van der Waals surface area contributed by atoms with Gasteiger partial charge >= 0.3 is 0 Å². The number of rotatable bonds is 6. The number of nitrogen functional groups attached to an aromatic ring is 1. The van der Waals surface area contributed by atoms with Crippen LogP contribution in [0.1, 0.15) is 5.69 Å². The molecule has 152 valence electrons. The first-order valence-electron chi connectivity index (χ1n) is 8.14. The van der Waals surface area contributed by atoms with E-state index in [1.165, 1.54) is 30.5 Å². The monoisotopic (exact) mass is 427 g/mol. The Morgan fingerprint density at radius 3 is 2.47 bits per heavy atom. The van der Waals surface area contributed by atoms with E-state index in [0.717, 1.165) is 18.5 Å². The second-order valence-electron chi connectivity index (χ2n) is 5.89. The Bertz CT molecular complexity index is 1270. The number of ether oxygens (including phenoxy) is 2. The van der Waals surface area contributed by atoms with Crippen molar-refractivity contribution >= 4 is 21.2 Å². The van der Waals surface area contributed by atoms with Crippen molar-refractivity contribution in [3.8, 4) is 29.1 Å². The van der Waals surface area contributed by atoms with Gasteiger partial charge in [-0.15, -0.1) is 0 Å². The molecule has 0 saturated carbocycles. The van der Waals surface area contributed by atoms with Gasteiger partial charge in [-0.1, -0.05) is 0 Å². The van der Waals surface area contributed by atoms with Crippen LogP contribution in [-0.2, 0) is 9.84 Å². The highest BCUT2D eigenvalue weighted by Gasteiger charge is 2.21. The van der Waals surface area contributed by atoms with Crippen molar-refractivity contribution in [3.05, 3.63) is 64.6 Å². The lowest BCUT2D eigenvalue weighted by Gasteiger charge is -2.13. The second-order valence-corrected chi connectivity index (χ2v) is 7.85. The normalized spacial score (nSPS) is 10.8. The number of hydrogen-bond acceptors (Lipinski definition) is 10. The van der Waals surface area contributed by atoms with Crippen LogP contribution in [0.3, 0.4) is 0 Å². The van der Waals surface area contributed by atoms with Gasteiger partial charge in [-0.05, 0) is 24.3 Å². The van der Waals surface area contributed by atoms with E-state index in [9.17, 15) is 18.5 Å². The first kappa shape index (κ1) is 20.5. The number of aromatic nitrogens is 2. The Balaban J connectivity index is 2.04. The number of pyridine rings is 2. The Morgan fingerprint density at radius 1 is 1.13 bits per heavy atom. The number of nitro groups is 1. The fourth-order valence-electron chi connectivity index (χ4n) is 2.33. The van der Waals surface area contributed by atoms with Gasteiger partial charge in [-0.2, -0.15) is 5.26 Å². The number of nitriles is 1. The fraction of sp³-hybridized carbons (Fsp3) is 0.0556. The van der Waals surface area contributed by atoms with Crippen LogP contribution in [0, 0.1) is 21.4 Å². The summed E-state index contributed by atoms with van der Waals surface area (Å²) in [7, 11) is -3.51. The predicted octanol–water partition coefficient (Wildman–Crippen LogP) is 2.83. The van der Waals surface area contributed by atoms with Crippen LogP contribution in [0.15, 0.2) is 53.8 Å². The molecule has 0 aliphatic heterocycles. The van der Waals surface area contributed by atoms with Crippen LogP contribution in [0.25, 0.3) is 0 Å². The molecule has 2 N–H and O–H groups in total. The van der Waals surface area contributed by atoms with Crippen molar-refractivity contribution in [2.75, 3.05) is 12.0 Å². The molecule has 0 aliphatic rings. The molecule has 0 radical (unpaired) electrons. The number of nitro benzene ring substituents is 1. The lowest BCUT2D eigenvalue weighted by Crippen LogP contribution is -2.01. The van der Waals surface area contributed by atoms with Crippen molar-refractivity contribution < 1.29 is 22.8 Å². The molecule has 0 unspecified atom stereocenters. The summed E-state index contributed by atoms with van der Waals surface area (Å²) in [5.74, 6) is 0.0639. The van der Waals surface area contributed by atoms with Crippen molar-refractivity contribution in [3.63, 3.8) is 0 Å². The molecule has 0 amide bonds. The fourth-order valence-corrected chi connectivity index (χ4v) is 2.89. The summed E-state index contributed by atoms with van der Waals surface area (Å²) in [4.78, 5) is 18.2. The van der Waals surface area contributed by atoms with Gasteiger partial charge in [0, 0.05) is 18.5 Å². The van der Waals surface area contributed by atoms with Crippen LogP contribution < -0.4 is 15.2 Å². The number of anilines is 1. The maximum Gasteiger partial charge on any atom is 0.296 e. The van der Waals surface area contributed by atoms with Crippen LogP contribution in [-0.4, -0.2) is 29.6 Å². The molecular formula is C18H13N5O6S. The van der Waals surface area contributed by atoms with Gasteiger partial charge in [-0.25, -0.2) is 18.4 Å². The third-order valence-corrected chi connectivity index (χ3v) is 4.70. The van der Waals surface area contributed by atoms with Crippen LogP contribution >= 0.6 is 0 Å². The van der Waals surface area contributed by atoms with Crippen molar-refractivity contribution in [2.45, 2.75) is 5.03 Å². The first-order chi connectivity index (χ1) is 14.2. The third kappa shape index (κ3) is 4.42. The maximum atomic E-state index is 11.5. The summed E-state index contributed by atoms with van der Waals surface area (Å²) in [6.07, 6.45) is 3.56. The Kier molecular flexibility index (Phi) is 5.48. The predicted molar refractivity (Wildman–Crippen MR) is 104 cm³/mol. The average molecular weight is 427 g/mol. The van der Waals surface area contributed by atoms with Crippen molar-refractivity contribution in [2.24, 2.45) is 0 Å². The molecule has 0 bridgehead atoms. The van der Waals surface area contributed by atoms with Crippen LogP contribution in [0.5, 0.6) is 23.0 Å². The van der Waals surface area contributed by atoms with Crippen molar-refractivity contribution in [1.29, 1.82) is 5.26 Å². The average Bonchev–Trinajstić information content (AvgIpc) is 2.69. The van der Waals surface area contributed by atoms with E-state index in [1.807, 2.05) is 6.07 Å². The van der Waals surface area contributed by atoms with Crippen LogP contribution in [0.2, 0.25) is 0 Å². The lowest BCUT2D eigenvalue weighted by molar-refractivity contribution is -0.384. The molecule has 3 rings (SSSR count). The molecule has 0 fully saturated rings. The zero-order chi connectivity index (χ0) is 21.9. The largest absolute Gasteiger partial charge is 0.452 e. The smallest absolute Gasteiger partial charge is 0.296 e. The van der Waals surface area contributed by atoms with Gasteiger partial charge < -0.3 is 15.2 Å². The quantitative estimate of drug-likeness (QED) is 0.350. The molecule has 0 atom stereocenters. The topological polar surface area (TPSA) is 171 Å². The minimum atomic E-state index is -3.51. The van der Waals surface area contributed by atoms with Gasteiger partial charge in [0.15, 0.2) is 37.8 Å². The summed E-state index contributed by atoms with van der Waals surface area (Å²) >= 11 is 0. The van der Waals surface area contributed by atoms with E-state index >= 15 is 0 Å². The number of nitrogens with two attached hydrogens (primary N) is 1. The lowest BCUT2D eigenvalue weighted by atomic mass is 10.2. The third-order valence-electron chi connectivity index (χ3n) is 3.70. The highest BCUT2D eigenvalue weighted by Crippen LogP contribution is 2.41. The van der Waals surface area contributed by atoms with Crippen LogP contribution in [0.4, 0.5) is 11.4 Å². The number of nitrogens with zero attached hydrogens (tertiary/aromatic N) is 4. The molecule has 0 spiro atoms. The first-order valence-corrected chi connectivity index (χ1v) is 10.0. The van der Waals surface area contributed by atoms with E-state index in [-0.39, 0.29) is 39.4 Å². The molecule has 1 aromatic carbocycles. The van der Waals surface area contributed by atoms with Crippen molar-refractivity contribution in [1.82, 2.24) is 9.97 Å². The minimum absolute atomic E-state index is 0.0143. The van der Waals surface area contributed by atoms with E-state index in [4.69, 9.17) is 20.5 Å². The summed E-state index contributed by atoms with van der Waals surface area (Å²) in [5, 5.41) is 20.3. The van der Waals surface area contributed by atoms with E-state index in [0.29, 0.717) is 0 Å². The molecule has 3 aromatic rings. The zero-order valence-corrected chi connectivity index (χ0v) is 16.2. The molecule has 11 nitrogen and oxygen atoms in total.